The van der Waals surface area contributed by atoms with Gasteiger partial charge in [-0.3, -0.25) is 9.59 Å². The third-order valence-corrected chi connectivity index (χ3v) is 3.85. The highest BCUT2D eigenvalue weighted by molar-refractivity contribution is 6.10. The number of hydrogen-bond acceptors (Lipinski definition) is 3. The Hall–Kier alpha value is -3.93. The summed E-state index contributed by atoms with van der Waals surface area (Å²) in [5, 5.41) is 14.6. The zero-order valence-corrected chi connectivity index (χ0v) is 14.7. The van der Waals surface area contributed by atoms with E-state index in [1.165, 1.54) is 42.5 Å². The first-order chi connectivity index (χ1) is 13.5. The molecule has 28 heavy (non-hydrogen) atoms. The van der Waals surface area contributed by atoms with Gasteiger partial charge in [-0.1, -0.05) is 42.5 Å². The summed E-state index contributed by atoms with van der Waals surface area (Å²) < 4.78 is 13.9. The summed E-state index contributed by atoms with van der Waals surface area (Å²) in [5.74, 6) is -1.93. The van der Waals surface area contributed by atoms with Crippen LogP contribution in [0.2, 0.25) is 0 Å². The summed E-state index contributed by atoms with van der Waals surface area (Å²) in [4.78, 5) is 25.2. The molecule has 0 aliphatic rings. The second kappa shape index (κ2) is 8.64. The second-order valence-electron chi connectivity index (χ2n) is 5.90. The molecule has 0 atom stereocenters. The minimum Gasteiger partial charge on any atom is -0.508 e. The number of rotatable bonds is 5. The SMILES string of the molecule is O=C(Nc1ccccc1)/C(=C/c1ccc(O)cc1)NC(=O)c1ccccc1F. The monoisotopic (exact) mass is 376 g/mol. The molecule has 0 heterocycles. The van der Waals surface area contributed by atoms with Gasteiger partial charge in [0.05, 0.1) is 5.56 Å². The lowest BCUT2D eigenvalue weighted by molar-refractivity contribution is -0.113. The minimum atomic E-state index is -0.744. The number of para-hydroxylation sites is 1. The Labute approximate surface area is 161 Å². The van der Waals surface area contributed by atoms with Crippen molar-refractivity contribution in [3.63, 3.8) is 0 Å². The molecule has 5 nitrogen and oxygen atoms in total. The molecule has 3 rings (SSSR count). The van der Waals surface area contributed by atoms with Crippen molar-refractivity contribution in [2.75, 3.05) is 5.32 Å². The van der Waals surface area contributed by atoms with E-state index in [0.29, 0.717) is 11.3 Å². The van der Waals surface area contributed by atoms with Crippen molar-refractivity contribution in [3.05, 3.63) is 102 Å². The largest absolute Gasteiger partial charge is 0.508 e. The lowest BCUT2D eigenvalue weighted by Crippen LogP contribution is -2.31. The average molecular weight is 376 g/mol. The van der Waals surface area contributed by atoms with Gasteiger partial charge in [0.15, 0.2) is 0 Å². The van der Waals surface area contributed by atoms with Crippen LogP contribution >= 0.6 is 0 Å². The molecular weight excluding hydrogens is 359 g/mol. The molecule has 0 bridgehead atoms. The van der Waals surface area contributed by atoms with Gasteiger partial charge in [-0.15, -0.1) is 0 Å². The van der Waals surface area contributed by atoms with Gasteiger partial charge in [0.1, 0.15) is 17.3 Å². The van der Waals surface area contributed by atoms with Gasteiger partial charge in [-0.2, -0.15) is 0 Å². The van der Waals surface area contributed by atoms with Crippen molar-refractivity contribution in [2.45, 2.75) is 0 Å². The third-order valence-electron chi connectivity index (χ3n) is 3.85. The number of phenolic OH excluding ortho intramolecular Hbond substituents is 1. The van der Waals surface area contributed by atoms with Gasteiger partial charge in [0.2, 0.25) is 0 Å². The van der Waals surface area contributed by atoms with Crippen molar-refractivity contribution >= 4 is 23.6 Å². The van der Waals surface area contributed by atoms with E-state index in [4.69, 9.17) is 0 Å². The van der Waals surface area contributed by atoms with Crippen LogP contribution in [0.25, 0.3) is 6.08 Å². The van der Waals surface area contributed by atoms with Crippen molar-refractivity contribution in [1.82, 2.24) is 5.32 Å². The number of phenols is 1. The average Bonchev–Trinajstić information content (AvgIpc) is 2.70. The first kappa shape index (κ1) is 18.8. The highest BCUT2D eigenvalue weighted by Gasteiger charge is 2.17. The summed E-state index contributed by atoms with van der Waals surface area (Å²) in [5.41, 5.74) is 0.878. The maximum Gasteiger partial charge on any atom is 0.272 e. The van der Waals surface area contributed by atoms with Crippen LogP contribution in [0.4, 0.5) is 10.1 Å². The molecule has 0 saturated heterocycles. The lowest BCUT2D eigenvalue weighted by Gasteiger charge is -2.12. The van der Waals surface area contributed by atoms with Crippen LogP contribution in [0, 0.1) is 5.82 Å². The normalized spacial score (nSPS) is 11.0. The summed E-state index contributed by atoms with van der Waals surface area (Å²) in [6, 6.07) is 20.3. The molecule has 0 fully saturated rings. The standard InChI is InChI=1S/C22H17FN2O3/c23-19-9-5-4-8-18(19)21(27)25-20(14-15-10-12-17(26)13-11-15)22(28)24-16-6-2-1-3-7-16/h1-14,26H,(H,24,28)(H,25,27)/b20-14-. The molecule has 0 unspecified atom stereocenters. The number of amides is 2. The van der Waals surface area contributed by atoms with Gasteiger partial charge in [0, 0.05) is 5.69 Å². The van der Waals surface area contributed by atoms with Crippen LogP contribution in [0.3, 0.4) is 0 Å². The molecule has 0 radical (unpaired) electrons. The fraction of sp³-hybridized carbons (Fsp3) is 0. The second-order valence-corrected chi connectivity index (χ2v) is 5.90. The zero-order chi connectivity index (χ0) is 19.9. The minimum absolute atomic E-state index is 0.0669. The Morgan fingerprint density at radius 2 is 1.50 bits per heavy atom. The molecule has 0 spiro atoms. The first-order valence-corrected chi connectivity index (χ1v) is 8.46. The van der Waals surface area contributed by atoms with Gasteiger partial charge in [-0.25, -0.2) is 4.39 Å². The van der Waals surface area contributed by atoms with Crippen LogP contribution in [0.15, 0.2) is 84.6 Å². The first-order valence-electron chi connectivity index (χ1n) is 8.46. The number of carbonyl (C=O) groups excluding carboxylic acids is 2. The number of hydrogen-bond donors (Lipinski definition) is 3. The lowest BCUT2D eigenvalue weighted by atomic mass is 10.1. The number of aromatic hydroxyl groups is 1. The van der Waals surface area contributed by atoms with Gasteiger partial charge >= 0.3 is 0 Å². The van der Waals surface area contributed by atoms with Crippen LogP contribution < -0.4 is 10.6 Å². The molecule has 6 heteroatoms. The fourth-order valence-electron chi connectivity index (χ4n) is 2.45. The van der Waals surface area contributed by atoms with Gasteiger partial charge in [0.25, 0.3) is 11.8 Å². The molecule has 0 aromatic heterocycles. The van der Waals surface area contributed by atoms with E-state index in [1.807, 2.05) is 6.07 Å². The number of halogens is 1. The summed E-state index contributed by atoms with van der Waals surface area (Å²) in [6.45, 7) is 0. The highest BCUT2D eigenvalue weighted by atomic mass is 19.1. The molecule has 0 aliphatic carbocycles. The van der Waals surface area contributed by atoms with Crippen LogP contribution in [0.5, 0.6) is 5.75 Å². The molecule has 0 aliphatic heterocycles. The smallest absolute Gasteiger partial charge is 0.272 e. The summed E-state index contributed by atoms with van der Waals surface area (Å²) >= 11 is 0. The van der Waals surface area contributed by atoms with E-state index in [9.17, 15) is 19.1 Å². The third kappa shape index (κ3) is 4.82. The van der Waals surface area contributed by atoms with Gasteiger partial charge in [-0.05, 0) is 48.0 Å². The summed E-state index contributed by atoms with van der Waals surface area (Å²) in [7, 11) is 0. The van der Waals surface area contributed by atoms with Crippen molar-refractivity contribution in [3.8, 4) is 5.75 Å². The van der Waals surface area contributed by atoms with Crippen molar-refractivity contribution < 1.29 is 19.1 Å². The summed E-state index contributed by atoms with van der Waals surface area (Å²) in [6.07, 6.45) is 1.44. The molecule has 2 amide bonds. The Balaban J connectivity index is 1.89. The highest BCUT2D eigenvalue weighted by Crippen LogP contribution is 2.15. The van der Waals surface area contributed by atoms with Crippen LogP contribution in [-0.4, -0.2) is 16.9 Å². The quantitative estimate of drug-likeness (QED) is 0.590. The van der Waals surface area contributed by atoms with E-state index in [2.05, 4.69) is 10.6 Å². The maximum absolute atomic E-state index is 13.9. The van der Waals surface area contributed by atoms with Crippen molar-refractivity contribution in [2.24, 2.45) is 0 Å². The molecule has 3 N–H and O–H groups in total. The molecule has 3 aromatic rings. The van der Waals surface area contributed by atoms with E-state index in [1.54, 1.807) is 36.4 Å². The zero-order valence-electron chi connectivity index (χ0n) is 14.7. The Kier molecular flexibility index (Phi) is 5.81. The number of carbonyl (C=O) groups is 2. The number of anilines is 1. The molecule has 3 aromatic carbocycles. The Morgan fingerprint density at radius 1 is 0.857 bits per heavy atom. The van der Waals surface area contributed by atoms with Gasteiger partial charge < -0.3 is 15.7 Å². The predicted octanol–water partition coefficient (Wildman–Crippen LogP) is 3.94. The molecule has 140 valence electrons. The van der Waals surface area contributed by atoms with E-state index < -0.39 is 17.6 Å². The Bertz CT molecular complexity index is 1020. The Morgan fingerprint density at radius 3 is 2.18 bits per heavy atom. The van der Waals surface area contributed by atoms with E-state index >= 15 is 0 Å². The van der Waals surface area contributed by atoms with Crippen molar-refractivity contribution in [1.29, 1.82) is 0 Å². The maximum atomic E-state index is 13.9. The molecule has 0 saturated carbocycles. The van der Waals surface area contributed by atoms with E-state index in [-0.39, 0.29) is 17.0 Å². The van der Waals surface area contributed by atoms with E-state index in [0.717, 1.165) is 0 Å². The predicted molar refractivity (Wildman–Crippen MR) is 105 cm³/mol. The number of benzene rings is 3. The number of nitrogens with one attached hydrogen (secondary N) is 2. The van der Waals surface area contributed by atoms with Crippen LogP contribution in [0.1, 0.15) is 15.9 Å². The molecular formula is C22H17FN2O3. The fourth-order valence-corrected chi connectivity index (χ4v) is 2.45. The topological polar surface area (TPSA) is 78.4 Å². The van der Waals surface area contributed by atoms with Crippen LogP contribution in [-0.2, 0) is 4.79 Å².